The van der Waals surface area contributed by atoms with Crippen molar-refractivity contribution in [1.82, 2.24) is 20.6 Å². The van der Waals surface area contributed by atoms with E-state index >= 15 is 0 Å². The summed E-state index contributed by atoms with van der Waals surface area (Å²) >= 11 is 1.49. The number of nitrogens with zero attached hydrogens (tertiary/aromatic N) is 3. The van der Waals surface area contributed by atoms with E-state index in [9.17, 15) is 9.59 Å². The van der Waals surface area contributed by atoms with Crippen molar-refractivity contribution in [3.8, 4) is 16.3 Å². The minimum absolute atomic E-state index is 0.369. The third kappa shape index (κ3) is 4.49. The highest BCUT2D eigenvalue weighted by Gasteiger charge is 2.20. The summed E-state index contributed by atoms with van der Waals surface area (Å²) in [6.07, 6.45) is 1.67. The first kappa shape index (κ1) is 20.4. The van der Waals surface area contributed by atoms with Crippen molar-refractivity contribution < 1.29 is 9.59 Å². The second-order valence-corrected chi connectivity index (χ2v) is 7.95. The molecule has 0 aliphatic heterocycles. The van der Waals surface area contributed by atoms with Crippen LogP contribution in [0.2, 0.25) is 0 Å². The molecule has 2 N–H and O–H groups in total. The molecular formula is C23H21N5O2S. The van der Waals surface area contributed by atoms with Gasteiger partial charge < -0.3 is 4.90 Å². The van der Waals surface area contributed by atoms with Crippen molar-refractivity contribution in [2.24, 2.45) is 0 Å². The highest BCUT2D eigenvalue weighted by molar-refractivity contribution is 7.13. The van der Waals surface area contributed by atoms with Gasteiger partial charge in [0.25, 0.3) is 11.8 Å². The van der Waals surface area contributed by atoms with Gasteiger partial charge in [0.2, 0.25) is 0 Å². The number of rotatable bonds is 5. The van der Waals surface area contributed by atoms with E-state index in [1.54, 1.807) is 29.1 Å². The summed E-state index contributed by atoms with van der Waals surface area (Å²) in [6, 6.07) is 20.5. The van der Waals surface area contributed by atoms with Gasteiger partial charge in [-0.15, -0.1) is 11.3 Å². The van der Waals surface area contributed by atoms with E-state index in [-0.39, 0.29) is 0 Å². The zero-order valence-corrected chi connectivity index (χ0v) is 17.9. The molecule has 7 nitrogen and oxygen atoms in total. The van der Waals surface area contributed by atoms with E-state index < -0.39 is 11.8 Å². The summed E-state index contributed by atoms with van der Waals surface area (Å²) in [5.74, 6) is -0.840. The zero-order valence-electron chi connectivity index (χ0n) is 17.1. The van der Waals surface area contributed by atoms with Crippen LogP contribution in [0.1, 0.15) is 20.7 Å². The molecular weight excluding hydrogens is 410 g/mol. The van der Waals surface area contributed by atoms with Crippen LogP contribution >= 0.6 is 11.3 Å². The van der Waals surface area contributed by atoms with Crippen LogP contribution in [0.4, 0.5) is 5.69 Å². The molecule has 2 aromatic heterocycles. The Kier molecular flexibility index (Phi) is 5.81. The minimum atomic E-state index is -0.442. The van der Waals surface area contributed by atoms with E-state index in [4.69, 9.17) is 0 Å². The molecule has 0 aliphatic carbocycles. The van der Waals surface area contributed by atoms with Crippen LogP contribution in [0.3, 0.4) is 0 Å². The first-order chi connectivity index (χ1) is 15.0. The maximum atomic E-state index is 12.9. The van der Waals surface area contributed by atoms with Gasteiger partial charge in [-0.2, -0.15) is 5.10 Å². The number of para-hydroxylation sites is 1. The number of hydrogen-bond donors (Lipinski definition) is 2. The monoisotopic (exact) mass is 431 g/mol. The van der Waals surface area contributed by atoms with Crippen LogP contribution in [0.5, 0.6) is 0 Å². The van der Waals surface area contributed by atoms with Crippen molar-refractivity contribution in [2.45, 2.75) is 0 Å². The van der Waals surface area contributed by atoms with Crippen LogP contribution in [-0.4, -0.2) is 35.7 Å². The highest BCUT2D eigenvalue weighted by atomic mass is 32.1. The number of carbonyl (C=O) groups excluding carboxylic acids is 2. The van der Waals surface area contributed by atoms with Crippen LogP contribution in [-0.2, 0) is 0 Å². The average molecular weight is 432 g/mol. The number of hydrazine groups is 1. The Morgan fingerprint density at radius 2 is 1.71 bits per heavy atom. The highest BCUT2D eigenvalue weighted by Crippen LogP contribution is 2.27. The van der Waals surface area contributed by atoms with Gasteiger partial charge in [0.05, 0.1) is 16.1 Å². The van der Waals surface area contributed by atoms with Crippen LogP contribution in [0.25, 0.3) is 16.3 Å². The third-order valence-electron chi connectivity index (χ3n) is 4.65. The molecule has 2 aromatic carbocycles. The third-order valence-corrected chi connectivity index (χ3v) is 5.53. The minimum Gasteiger partial charge on any atom is -0.378 e. The molecule has 2 heterocycles. The Labute approximate surface area is 183 Å². The van der Waals surface area contributed by atoms with Crippen molar-refractivity contribution in [3.05, 3.63) is 89.4 Å². The number of anilines is 1. The summed E-state index contributed by atoms with van der Waals surface area (Å²) in [7, 11) is 3.80. The molecule has 0 saturated heterocycles. The fraction of sp³-hybridized carbons (Fsp3) is 0.0870. The number of aromatic nitrogens is 2. The molecule has 31 heavy (non-hydrogen) atoms. The molecule has 0 spiro atoms. The van der Waals surface area contributed by atoms with Gasteiger partial charge >= 0.3 is 0 Å². The van der Waals surface area contributed by atoms with Gasteiger partial charge in [-0.05, 0) is 41.8 Å². The lowest BCUT2D eigenvalue weighted by molar-refractivity contribution is 0.0847. The molecule has 2 amide bonds. The molecule has 0 radical (unpaired) electrons. The normalized spacial score (nSPS) is 10.5. The van der Waals surface area contributed by atoms with Crippen LogP contribution < -0.4 is 15.8 Å². The Morgan fingerprint density at radius 1 is 0.935 bits per heavy atom. The van der Waals surface area contributed by atoms with Crippen molar-refractivity contribution in [1.29, 1.82) is 0 Å². The Bertz CT molecular complexity index is 1200. The van der Waals surface area contributed by atoms with E-state index in [1.165, 1.54) is 11.3 Å². The van der Waals surface area contributed by atoms with E-state index in [1.807, 2.05) is 72.9 Å². The summed E-state index contributed by atoms with van der Waals surface area (Å²) in [5, 5.41) is 6.54. The van der Waals surface area contributed by atoms with Gasteiger partial charge in [0.1, 0.15) is 5.69 Å². The summed E-state index contributed by atoms with van der Waals surface area (Å²) in [6.45, 7) is 0. The molecule has 0 fully saturated rings. The first-order valence-electron chi connectivity index (χ1n) is 9.60. The fourth-order valence-electron chi connectivity index (χ4n) is 3.03. The Morgan fingerprint density at radius 3 is 2.42 bits per heavy atom. The number of carbonyl (C=O) groups is 2. The lowest BCUT2D eigenvalue weighted by Gasteiger charge is -2.13. The van der Waals surface area contributed by atoms with E-state index in [0.717, 1.165) is 16.3 Å². The number of nitrogens with one attached hydrogen (secondary N) is 2. The van der Waals surface area contributed by atoms with Crippen LogP contribution in [0.15, 0.2) is 78.3 Å². The molecule has 4 rings (SSSR count). The van der Waals surface area contributed by atoms with E-state index in [2.05, 4.69) is 16.0 Å². The maximum absolute atomic E-state index is 12.9. The molecule has 0 unspecified atom stereocenters. The molecule has 0 saturated carbocycles. The topological polar surface area (TPSA) is 79.3 Å². The number of benzene rings is 2. The lowest BCUT2D eigenvalue weighted by Crippen LogP contribution is -2.41. The van der Waals surface area contributed by atoms with Gasteiger partial charge in [-0.3, -0.25) is 20.4 Å². The second kappa shape index (κ2) is 8.85. The molecule has 0 bridgehead atoms. The SMILES string of the molecule is CN(C)c1cccc(C(=O)NNC(=O)c2cn(-c3ccccc3)nc2-c2cccs2)c1. The Hall–Kier alpha value is -3.91. The number of amides is 2. The molecule has 8 heteroatoms. The molecule has 4 aromatic rings. The quantitative estimate of drug-likeness (QED) is 0.472. The fourth-order valence-corrected chi connectivity index (χ4v) is 3.75. The lowest BCUT2D eigenvalue weighted by atomic mass is 10.2. The summed E-state index contributed by atoms with van der Waals surface area (Å²) in [4.78, 5) is 28.2. The van der Waals surface area contributed by atoms with Gasteiger partial charge in [0, 0.05) is 31.5 Å². The van der Waals surface area contributed by atoms with Gasteiger partial charge in [-0.1, -0.05) is 30.3 Å². The number of hydrogen-bond acceptors (Lipinski definition) is 5. The predicted octanol–water partition coefficient (Wildman–Crippen LogP) is 3.74. The van der Waals surface area contributed by atoms with Gasteiger partial charge in [-0.25, -0.2) is 4.68 Å². The largest absolute Gasteiger partial charge is 0.378 e. The molecule has 0 aliphatic rings. The maximum Gasteiger partial charge on any atom is 0.273 e. The smallest absolute Gasteiger partial charge is 0.273 e. The summed E-state index contributed by atoms with van der Waals surface area (Å²) < 4.78 is 1.66. The molecule has 0 atom stereocenters. The first-order valence-corrected chi connectivity index (χ1v) is 10.5. The van der Waals surface area contributed by atoms with Crippen molar-refractivity contribution >= 4 is 28.8 Å². The summed E-state index contributed by atoms with van der Waals surface area (Å²) in [5.41, 5.74) is 8.11. The molecule has 156 valence electrons. The van der Waals surface area contributed by atoms with Crippen molar-refractivity contribution in [3.63, 3.8) is 0 Å². The standard InChI is InChI=1S/C23H21N5O2S/c1-27(2)18-11-6-8-16(14-18)22(29)24-25-23(30)19-15-28(17-9-4-3-5-10-17)26-21(19)20-12-7-13-31-20/h3-15H,1-2H3,(H,24,29)(H,25,30). The van der Waals surface area contributed by atoms with E-state index in [0.29, 0.717) is 16.8 Å². The predicted molar refractivity (Wildman–Crippen MR) is 123 cm³/mol. The van der Waals surface area contributed by atoms with Crippen molar-refractivity contribution in [2.75, 3.05) is 19.0 Å². The van der Waals surface area contributed by atoms with Crippen LogP contribution in [0, 0.1) is 0 Å². The van der Waals surface area contributed by atoms with Gasteiger partial charge in [0.15, 0.2) is 0 Å². The number of thiophene rings is 1. The second-order valence-electron chi connectivity index (χ2n) is 7.00. The Balaban J connectivity index is 1.56. The zero-order chi connectivity index (χ0) is 21.8. The average Bonchev–Trinajstić information content (AvgIpc) is 3.48.